The Labute approximate surface area is 116 Å². The van der Waals surface area contributed by atoms with Crippen LogP contribution in [0.4, 0.5) is 0 Å². The average Bonchev–Trinajstić information content (AvgIpc) is 2.97. The SMILES string of the molecule is CNC(C)Cc1noc(CCc2nccs2)n1.Cl. The van der Waals surface area contributed by atoms with Gasteiger partial charge >= 0.3 is 0 Å². The van der Waals surface area contributed by atoms with Gasteiger partial charge in [0.15, 0.2) is 5.82 Å². The van der Waals surface area contributed by atoms with Crippen molar-refractivity contribution in [3.63, 3.8) is 0 Å². The summed E-state index contributed by atoms with van der Waals surface area (Å²) in [5.41, 5.74) is 0. The molecule has 100 valence electrons. The molecule has 2 aromatic heterocycles. The van der Waals surface area contributed by atoms with Crippen molar-refractivity contribution in [3.05, 3.63) is 28.3 Å². The van der Waals surface area contributed by atoms with Gasteiger partial charge in [-0.1, -0.05) is 5.16 Å². The van der Waals surface area contributed by atoms with Crippen molar-refractivity contribution in [2.45, 2.75) is 32.2 Å². The van der Waals surface area contributed by atoms with Crippen LogP contribution in [0.2, 0.25) is 0 Å². The second-order valence-corrected chi connectivity index (χ2v) is 4.90. The highest BCUT2D eigenvalue weighted by Crippen LogP contribution is 2.09. The number of aryl methyl sites for hydroxylation is 2. The first-order valence-electron chi connectivity index (χ1n) is 5.65. The topological polar surface area (TPSA) is 63.8 Å². The number of aromatic nitrogens is 3. The number of halogens is 1. The van der Waals surface area contributed by atoms with Crippen molar-refractivity contribution < 1.29 is 4.52 Å². The fraction of sp³-hybridized carbons (Fsp3) is 0.545. The molecule has 0 amide bonds. The largest absolute Gasteiger partial charge is 0.339 e. The number of nitrogens with one attached hydrogen (secondary N) is 1. The molecule has 0 saturated heterocycles. The minimum absolute atomic E-state index is 0. The normalized spacial score (nSPS) is 12.1. The summed E-state index contributed by atoms with van der Waals surface area (Å²) in [7, 11) is 1.92. The molecule has 0 radical (unpaired) electrons. The molecule has 1 atom stereocenters. The van der Waals surface area contributed by atoms with E-state index in [0.717, 1.165) is 30.1 Å². The molecular formula is C11H17ClN4OS. The molecule has 0 aromatic carbocycles. The second kappa shape index (κ2) is 7.45. The van der Waals surface area contributed by atoms with Crippen LogP contribution in [0.3, 0.4) is 0 Å². The first-order chi connectivity index (χ1) is 8.28. The molecule has 1 unspecified atom stereocenters. The number of rotatable bonds is 6. The molecule has 0 aliphatic rings. The van der Waals surface area contributed by atoms with Crippen LogP contribution in [-0.4, -0.2) is 28.2 Å². The van der Waals surface area contributed by atoms with E-state index in [1.807, 2.05) is 18.6 Å². The molecule has 2 rings (SSSR count). The van der Waals surface area contributed by atoms with Gasteiger partial charge < -0.3 is 9.84 Å². The monoisotopic (exact) mass is 288 g/mol. The van der Waals surface area contributed by atoms with Gasteiger partial charge in [-0.15, -0.1) is 23.7 Å². The highest BCUT2D eigenvalue weighted by atomic mass is 35.5. The maximum absolute atomic E-state index is 5.20. The van der Waals surface area contributed by atoms with Crippen LogP contribution in [0.15, 0.2) is 16.1 Å². The Morgan fingerprint density at radius 2 is 2.28 bits per heavy atom. The van der Waals surface area contributed by atoms with Crippen LogP contribution in [0.25, 0.3) is 0 Å². The smallest absolute Gasteiger partial charge is 0.227 e. The lowest BCUT2D eigenvalue weighted by atomic mass is 10.2. The average molecular weight is 289 g/mol. The minimum Gasteiger partial charge on any atom is -0.339 e. The van der Waals surface area contributed by atoms with E-state index < -0.39 is 0 Å². The summed E-state index contributed by atoms with van der Waals surface area (Å²) in [6, 6.07) is 0.361. The van der Waals surface area contributed by atoms with E-state index in [0.29, 0.717) is 11.9 Å². The Hall–Kier alpha value is -0.980. The summed E-state index contributed by atoms with van der Waals surface area (Å²) in [4.78, 5) is 8.58. The van der Waals surface area contributed by atoms with Gasteiger partial charge in [0, 0.05) is 36.9 Å². The number of hydrogen-bond donors (Lipinski definition) is 1. The third kappa shape index (κ3) is 4.36. The summed E-state index contributed by atoms with van der Waals surface area (Å²) in [6.07, 6.45) is 4.22. The van der Waals surface area contributed by atoms with Gasteiger partial charge in [0.05, 0.1) is 5.01 Å². The number of hydrogen-bond acceptors (Lipinski definition) is 6. The van der Waals surface area contributed by atoms with Crippen molar-refractivity contribution in [2.75, 3.05) is 7.05 Å². The highest BCUT2D eigenvalue weighted by molar-refractivity contribution is 7.09. The Morgan fingerprint density at radius 3 is 2.94 bits per heavy atom. The zero-order valence-corrected chi connectivity index (χ0v) is 12.1. The van der Waals surface area contributed by atoms with E-state index >= 15 is 0 Å². The summed E-state index contributed by atoms with van der Waals surface area (Å²) in [5, 5.41) is 10.2. The standard InChI is InChI=1S/C11H16N4OS.ClH/c1-8(12-2)7-9-14-10(16-15-9)3-4-11-13-5-6-17-11;/h5-6,8,12H,3-4,7H2,1-2H3;1H. The zero-order chi connectivity index (χ0) is 12.1. The zero-order valence-electron chi connectivity index (χ0n) is 10.4. The third-order valence-corrected chi connectivity index (χ3v) is 3.37. The summed E-state index contributed by atoms with van der Waals surface area (Å²) >= 11 is 1.65. The molecule has 0 saturated carbocycles. The summed E-state index contributed by atoms with van der Waals surface area (Å²) in [5.74, 6) is 1.46. The third-order valence-electron chi connectivity index (χ3n) is 2.53. The van der Waals surface area contributed by atoms with Gasteiger partial charge in [-0.25, -0.2) is 4.98 Å². The van der Waals surface area contributed by atoms with Crippen LogP contribution in [0, 0.1) is 0 Å². The summed E-state index contributed by atoms with van der Waals surface area (Å²) < 4.78 is 5.20. The lowest BCUT2D eigenvalue weighted by molar-refractivity contribution is 0.371. The molecule has 7 heteroatoms. The lowest BCUT2D eigenvalue weighted by Crippen LogP contribution is -2.24. The van der Waals surface area contributed by atoms with Gasteiger partial charge in [-0.05, 0) is 14.0 Å². The van der Waals surface area contributed by atoms with Gasteiger partial charge in [0.1, 0.15) is 0 Å². The van der Waals surface area contributed by atoms with Crippen LogP contribution >= 0.6 is 23.7 Å². The van der Waals surface area contributed by atoms with Crippen molar-refractivity contribution in [3.8, 4) is 0 Å². The predicted octanol–water partition coefficient (Wildman–Crippen LogP) is 1.88. The fourth-order valence-electron chi connectivity index (χ4n) is 1.44. The molecular weight excluding hydrogens is 272 g/mol. The van der Waals surface area contributed by atoms with Gasteiger partial charge in [-0.3, -0.25) is 0 Å². The molecule has 0 aliphatic carbocycles. The molecule has 5 nitrogen and oxygen atoms in total. The Balaban J connectivity index is 0.00000162. The molecule has 1 N–H and O–H groups in total. The van der Waals surface area contributed by atoms with E-state index in [-0.39, 0.29) is 12.4 Å². The Morgan fingerprint density at radius 1 is 1.44 bits per heavy atom. The van der Waals surface area contributed by atoms with Crippen LogP contribution < -0.4 is 5.32 Å². The quantitative estimate of drug-likeness (QED) is 0.879. The summed E-state index contributed by atoms with van der Waals surface area (Å²) in [6.45, 7) is 2.09. The van der Waals surface area contributed by atoms with Crippen LogP contribution in [0.1, 0.15) is 23.6 Å². The first kappa shape index (κ1) is 15.1. The second-order valence-electron chi connectivity index (χ2n) is 3.92. The minimum atomic E-state index is 0. The van der Waals surface area contributed by atoms with Gasteiger partial charge in [0.25, 0.3) is 0 Å². The van der Waals surface area contributed by atoms with E-state index in [1.54, 1.807) is 11.3 Å². The van der Waals surface area contributed by atoms with E-state index in [9.17, 15) is 0 Å². The molecule has 0 fully saturated rings. The van der Waals surface area contributed by atoms with E-state index in [4.69, 9.17) is 4.52 Å². The molecule has 18 heavy (non-hydrogen) atoms. The van der Waals surface area contributed by atoms with Crippen LogP contribution in [-0.2, 0) is 19.3 Å². The Kier molecular flexibility index (Phi) is 6.24. The van der Waals surface area contributed by atoms with Crippen LogP contribution in [0.5, 0.6) is 0 Å². The maximum Gasteiger partial charge on any atom is 0.227 e. The van der Waals surface area contributed by atoms with Crippen molar-refractivity contribution in [2.24, 2.45) is 0 Å². The van der Waals surface area contributed by atoms with Crippen molar-refractivity contribution >= 4 is 23.7 Å². The lowest BCUT2D eigenvalue weighted by Gasteiger charge is -2.04. The van der Waals surface area contributed by atoms with Crippen molar-refractivity contribution in [1.82, 2.24) is 20.4 Å². The van der Waals surface area contributed by atoms with E-state index in [2.05, 4.69) is 27.4 Å². The number of nitrogens with zero attached hydrogens (tertiary/aromatic N) is 3. The van der Waals surface area contributed by atoms with Gasteiger partial charge in [0.2, 0.25) is 5.89 Å². The van der Waals surface area contributed by atoms with Crippen molar-refractivity contribution in [1.29, 1.82) is 0 Å². The molecule has 2 aromatic rings. The Bertz CT molecular complexity index is 446. The molecule has 2 heterocycles. The molecule has 0 bridgehead atoms. The number of thiazole rings is 1. The van der Waals surface area contributed by atoms with E-state index in [1.165, 1.54) is 0 Å². The molecule has 0 aliphatic heterocycles. The highest BCUT2D eigenvalue weighted by Gasteiger charge is 2.09. The first-order valence-corrected chi connectivity index (χ1v) is 6.53. The predicted molar refractivity (Wildman–Crippen MR) is 73.3 cm³/mol. The number of likely N-dealkylation sites (N-methyl/N-ethyl adjacent to an activating group) is 1. The van der Waals surface area contributed by atoms with Gasteiger partial charge in [-0.2, -0.15) is 4.98 Å². The fourth-order valence-corrected chi connectivity index (χ4v) is 2.06. The molecule has 0 spiro atoms. The maximum atomic E-state index is 5.20.